The summed E-state index contributed by atoms with van der Waals surface area (Å²) in [4.78, 5) is 21.8. The van der Waals surface area contributed by atoms with E-state index in [1.165, 1.54) is 10.8 Å². The van der Waals surface area contributed by atoms with Crippen LogP contribution in [0.2, 0.25) is 0 Å². The van der Waals surface area contributed by atoms with Gasteiger partial charge in [0.25, 0.3) is 0 Å². The second-order valence-corrected chi connectivity index (χ2v) is 10.7. The number of pyridine rings is 4. The maximum absolute atomic E-state index is 9.29. The van der Waals surface area contributed by atoms with Crippen LogP contribution in [0.25, 0.3) is 82.2 Å². The van der Waals surface area contributed by atoms with Gasteiger partial charge in [0, 0.05) is 47.0 Å². The second-order valence-electron chi connectivity index (χ2n) is 10.7. The molecular weight excluding hydrogens is 540 g/mol. The minimum Gasteiger partial charge on any atom is -0.276 e. The molecule has 0 amide bonds. The minimum absolute atomic E-state index is 0.493. The Bertz CT molecular complexity index is 2240. The highest BCUT2D eigenvalue weighted by molar-refractivity contribution is 6.24. The van der Waals surface area contributed by atoms with Crippen LogP contribution in [-0.4, -0.2) is 19.9 Å². The average Bonchev–Trinajstić information content (AvgIpc) is 3.10. The van der Waals surface area contributed by atoms with Crippen LogP contribution in [0.3, 0.4) is 0 Å². The third kappa shape index (κ3) is 4.27. The second kappa shape index (κ2) is 10.1. The lowest BCUT2D eigenvalue weighted by Gasteiger charge is -2.14. The topological polar surface area (TPSA) is 79.7 Å². The zero-order valence-corrected chi connectivity index (χ0v) is 23.2. The summed E-state index contributed by atoms with van der Waals surface area (Å²) in [5.74, 6) is 0. The number of nitriles is 1. The SMILES string of the molecule is [C-]#[N+]c1cncc(-c2cccc(-c3cc4ccc5cc(-c6cccc(-c7cncc(C#N)c7)n6)cc6ccc(c3)c4c56)n2)c1. The summed E-state index contributed by atoms with van der Waals surface area (Å²) >= 11 is 0. The van der Waals surface area contributed by atoms with Crippen molar-refractivity contribution < 1.29 is 0 Å². The summed E-state index contributed by atoms with van der Waals surface area (Å²) in [5.41, 5.74) is 7.98. The number of aromatic nitrogens is 4. The third-order valence-electron chi connectivity index (χ3n) is 7.94. The Morgan fingerprint density at radius 3 is 1.45 bits per heavy atom. The molecule has 4 heterocycles. The van der Waals surface area contributed by atoms with Crippen LogP contribution in [0.5, 0.6) is 0 Å². The van der Waals surface area contributed by atoms with E-state index < -0.39 is 0 Å². The Labute approximate surface area is 252 Å². The van der Waals surface area contributed by atoms with Crippen molar-refractivity contribution >= 4 is 38.0 Å². The molecule has 0 unspecified atom stereocenters. The fraction of sp³-hybridized carbons (Fsp3) is 0. The Balaban J connectivity index is 1.21. The lowest BCUT2D eigenvalue weighted by Crippen LogP contribution is -1.92. The first-order chi connectivity index (χ1) is 21.7. The van der Waals surface area contributed by atoms with Gasteiger partial charge >= 0.3 is 0 Å². The molecule has 0 spiro atoms. The van der Waals surface area contributed by atoms with E-state index in [4.69, 9.17) is 16.5 Å². The Morgan fingerprint density at radius 1 is 0.523 bits per heavy atom. The van der Waals surface area contributed by atoms with Gasteiger partial charge in [0.15, 0.2) is 0 Å². The number of rotatable bonds is 4. The highest BCUT2D eigenvalue weighted by Crippen LogP contribution is 2.39. The molecule has 6 heteroatoms. The molecule has 0 aliphatic carbocycles. The van der Waals surface area contributed by atoms with Crippen LogP contribution in [0.1, 0.15) is 5.56 Å². The van der Waals surface area contributed by atoms with Crippen molar-refractivity contribution in [3.05, 3.63) is 139 Å². The first-order valence-electron chi connectivity index (χ1n) is 14.0. The molecular formula is C38H20N6. The highest BCUT2D eigenvalue weighted by atomic mass is 14.8. The standard InChI is InChI=1S/C38H20N6/c1-40-32-17-31(21-42-22-32)36-7-3-5-34(44-36)29-15-26-10-8-24-13-28(14-25-9-11-27(16-29)38(26)37(24)25)33-4-2-6-35(43-33)30-12-23(18-39)19-41-20-30/h2-17,19-22H. The van der Waals surface area contributed by atoms with Gasteiger partial charge in [0.1, 0.15) is 6.07 Å². The average molecular weight is 561 g/mol. The molecule has 202 valence electrons. The Hall–Kier alpha value is -6.50. The molecule has 4 aromatic carbocycles. The van der Waals surface area contributed by atoms with Crippen molar-refractivity contribution in [2.45, 2.75) is 0 Å². The molecule has 0 aliphatic heterocycles. The molecule has 8 aromatic rings. The van der Waals surface area contributed by atoms with Gasteiger partial charge in [0.2, 0.25) is 5.69 Å². The monoisotopic (exact) mass is 560 g/mol. The van der Waals surface area contributed by atoms with Gasteiger partial charge in [-0.05, 0) is 93.0 Å². The van der Waals surface area contributed by atoms with Crippen LogP contribution in [0.4, 0.5) is 5.69 Å². The smallest absolute Gasteiger partial charge is 0.205 e. The minimum atomic E-state index is 0.493. The first-order valence-corrected chi connectivity index (χ1v) is 14.0. The molecule has 0 saturated heterocycles. The fourth-order valence-corrected chi connectivity index (χ4v) is 5.92. The molecule has 0 aliphatic rings. The Morgan fingerprint density at radius 2 is 0.977 bits per heavy atom. The largest absolute Gasteiger partial charge is 0.276 e. The molecule has 0 radical (unpaired) electrons. The van der Waals surface area contributed by atoms with E-state index in [-0.39, 0.29) is 0 Å². The van der Waals surface area contributed by atoms with Gasteiger partial charge in [-0.2, -0.15) is 5.26 Å². The predicted molar refractivity (Wildman–Crippen MR) is 174 cm³/mol. The molecule has 6 nitrogen and oxygen atoms in total. The van der Waals surface area contributed by atoms with Crippen LogP contribution in [0.15, 0.2) is 122 Å². The molecule has 0 fully saturated rings. The van der Waals surface area contributed by atoms with Crippen LogP contribution in [-0.2, 0) is 0 Å². The molecule has 44 heavy (non-hydrogen) atoms. The normalized spacial score (nSPS) is 11.1. The van der Waals surface area contributed by atoms with Crippen molar-refractivity contribution in [3.8, 4) is 51.1 Å². The molecule has 0 bridgehead atoms. The van der Waals surface area contributed by atoms with E-state index in [1.54, 1.807) is 24.8 Å². The van der Waals surface area contributed by atoms with Gasteiger partial charge in [-0.25, -0.2) is 14.8 Å². The van der Waals surface area contributed by atoms with Gasteiger partial charge in [-0.15, -0.1) is 0 Å². The van der Waals surface area contributed by atoms with E-state index in [1.807, 2.05) is 48.5 Å². The number of nitrogens with zero attached hydrogens (tertiary/aromatic N) is 6. The third-order valence-corrected chi connectivity index (χ3v) is 7.94. The van der Waals surface area contributed by atoms with Gasteiger partial charge < -0.3 is 0 Å². The van der Waals surface area contributed by atoms with E-state index in [2.05, 4.69) is 69.4 Å². The van der Waals surface area contributed by atoms with Gasteiger partial charge in [-0.3, -0.25) is 9.97 Å². The molecule has 0 N–H and O–H groups in total. The summed E-state index contributed by atoms with van der Waals surface area (Å²) in [6.07, 6.45) is 6.59. The van der Waals surface area contributed by atoms with Crippen molar-refractivity contribution in [3.63, 3.8) is 0 Å². The van der Waals surface area contributed by atoms with Crippen molar-refractivity contribution in [1.29, 1.82) is 5.26 Å². The number of benzene rings is 4. The van der Waals surface area contributed by atoms with Crippen molar-refractivity contribution in [2.24, 2.45) is 0 Å². The number of hydrogen-bond donors (Lipinski definition) is 0. The van der Waals surface area contributed by atoms with E-state index in [0.717, 1.165) is 66.6 Å². The summed E-state index contributed by atoms with van der Waals surface area (Å²) < 4.78 is 0. The maximum Gasteiger partial charge on any atom is 0.205 e. The zero-order chi connectivity index (χ0) is 29.6. The molecule has 0 atom stereocenters. The van der Waals surface area contributed by atoms with Crippen LogP contribution in [0, 0.1) is 17.9 Å². The van der Waals surface area contributed by atoms with E-state index in [0.29, 0.717) is 11.3 Å². The summed E-state index contributed by atoms with van der Waals surface area (Å²) in [6, 6.07) is 35.2. The summed E-state index contributed by atoms with van der Waals surface area (Å²) in [7, 11) is 0. The zero-order valence-electron chi connectivity index (χ0n) is 23.2. The molecule has 0 saturated carbocycles. The summed E-state index contributed by atoms with van der Waals surface area (Å²) in [6.45, 7) is 7.32. The predicted octanol–water partition coefficient (Wildman–Crippen LogP) is 9.25. The fourth-order valence-electron chi connectivity index (χ4n) is 5.92. The van der Waals surface area contributed by atoms with E-state index >= 15 is 0 Å². The maximum atomic E-state index is 9.29. The van der Waals surface area contributed by atoms with Crippen molar-refractivity contribution in [1.82, 2.24) is 19.9 Å². The summed E-state index contributed by atoms with van der Waals surface area (Å²) in [5, 5.41) is 16.3. The quantitative estimate of drug-likeness (QED) is 0.158. The Kier molecular flexibility index (Phi) is 5.79. The van der Waals surface area contributed by atoms with E-state index in [9.17, 15) is 5.26 Å². The van der Waals surface area contributed by atoms with Crippen molar-refractivity contribution in [2.75, 3.05) is 0 Å². The first kappa shape index (κ1) is 25.2. The number of hydrogen-bond acceptors (Lipinski definition) is 5. The lowest BCUT2D eigenvalue weighted by molar-refractivity contribution is 1.26. The lowest BCUT2D eigenvalue weighted by atomic mass is 9.90. The van der Waals surface area contributed by atoms with Gasteiger partial charge in [-0.1, -0.05) is 36.4 Å². The van der Waals surface area contributed by atoms with Crippen LogP contribution >= 0.6 is 0 Å². The molecule has 4 aromatic heterocycles. The van der Waals surface area contributed by atoms with Crippen LogP contribution < -0.4 is 0 Å². The molecule has 8 rings (SSSR count). The van der Waals surface area contributed by atoms with Gasteiger partial charge in [0.05, 0.1) is 34.9 Å². The highest BCUT2D eigenvalue weighted by Gasteiger charge is 2.14.